The van der Waals surface area contributed by atoms with Gasteiger partial charge in [0.15, 0.2) is 0 Å². The largest absolute Gasteiger partial charge is 0.396 e. The van der Waals surface area contributed by atoms with Crippen LogP contribution in [0.25, 0.3) is 11.1 Å². The van der Waals surface area contributed by atoms with Crippen LogP contribution in [-0.2, 0) is 25.7 Å². The molecule has 6 aromatic carbocycles. The molecule has 0 bridgehead atoms. The van der Waals surface area contributed by atoms with Crippen LogP contribution < -0.4 is 9.80 Å². The first-order chi connectivity index (χ1) is 26.6. The Balaban J connectivity index is 1.27. The molecule has 0 saturated heterocycles. The third-order valence-corrected chi connectivity index (χ3v) is 9.86. The molecular formula is C48H52N2O4. The molecule has 278 valence electrons. The van der Waals surface area contributed by atoms with E-state index in [2.05, 4.69) is 155 Å². The molecule has 0 unspecified atom stereocenters. The van der Waals surface area contributed by atoms with E-state index in [0.717, 1.165) is 96.6 Å². The zero-order valence-electron chi connectivity index (χ0n) is 31.0. The molecule has 0 aliphatic heterocycles. The van der Waals surface area contributed by atoms with E-state index >= 15 is 0 Å². The van der Waals surface area contributed by atoms with Crippen LogP contribution in [0, 0.1) is 0 Å². The number of benzene rings is 6. The minimum atomic E-state index is 0.185. The van der Waals surface area contributed by atoms with Crippen molar-refractivity contribution in [3.8, 4) is 11.1 Å². The van der Waals surface area contributed by atoms with Gasteiger partial charge in [0, 0.05) is 60.6 Å². The van der Waals surface area contributed by atoms with Crippen molar-refractivity contribution in [3.05, 3.63) is 168 Å². The Hall–Kier alpha value is -5.24. The van der Waals surface area contributed by atoms with Crippen LogP contribution in [0.5, 0.6) is 0 Å². The highest BCUT2D eigenvalue weighted by Gasteiger charge is 2.15. The number of aliphatic hydroxyl groups excluding tert-OH is 4. The molecular weight excluding hydrogens is 669 g/mol. The molecule has 0 heterocycles. The maximum atomic E-state index is 9.31. The van der Waals surface area contributed by atoms with Crippen molar-refractivity contribution in [2.75, 3.05) is 36.2 Å². The molecule has 0 spiro atoms. The summed E-state index contributed by atoms with van der Waals surface area (Å²) < 4.78 is 0. The smallest absolute Gasteiger partial charge is 0.0462 e. The topological polar surface area (TPSA) is 87.4 Å². The molecule has 0 amide bonds. The lowest BCUT2D eigenvalue weighted by Gasteiger charge is -2.27. The minimum Gasteiger partial charge on any atom is -0.396 e. The molecule has 0 aromatic heterocycles. The summed E-state index contributed by atoms with van der Waals surface area (Å²) in [7, 11) is 0. The predicted molar refractivity (Wildman–Crippen MR) is 223 cm³/mol. The monoisotopic (exact) mass is 720 g/mol. The maximum Gasteiger partial charge on any atom is 0.0462 e. The number of hydrogen-bond acceptors (Lipinski definition) is 6. The second-order valence-electron chi connectivity index (χ2n) is 13.7. The Bertz CT molecular complexity index is 1720. The van der Waals surface area contributed by atoms with Crippen LogP contribution in [0.15, 0.2) is 146 Å². The lowest BCUT2D eigenvalue weighted by atomic mass is 10.0. The molecule has 0 fully saturated rings. The molecule has 0 aliphatic carbocycles. The summed E-state index contributed by atoms with van der Waals surface area (Å²) in [5.41, 5.74) is 13.4. The van der Waals surface area contributed by atoms with Gasteiger partial charge in [-0.1, -0.05) is 72.8 Å². The van der Waals surface area contributed by atoms with E-state index in [1.165, 1.54) is 22.3 Å². The number of hydrogen-bond donors (Lipinski definition) is 4. The van der Waals surface area contributed by atoms with Crippen LogP contribution >= 0.6 is 0 Å². The summed E-state index contributed by atoms with van der Waals surface area (Å²) in [6.45, 7) is 0.742. The third kappa shape index (κ3) is 10.0. The van der Waals surface area contributed by atoms with Crippen molar-refractivity contribution in [2.45, 2.75) is 51.4 Å². The molecule has 6 heteroatoms. The van der Waals surface area contributed by atoms with Gasteiger partial charge in [-0.15, -0.1) is 0 Å². The molecule has 6 rings (SSSR count). The third-order valence-electron chi connectivity index (χ3n) is 9.86. The second kappa shape index (κ2) is 19.7. The Morgan fingerprint density at radius 3 is 0.630 bits per heavy atom. The summed E-state index contributed by atoms with van der Waals surface area (Å²) in [5.74, 6) is 0. The van der Waals surface area contributed by atoms with Gasteiger partial charge in [-0.05, 0) is 158 Å². The van der Waals surface area contributed by atoms with Crippen molar-refractivity contribution < 1.29 is 20.4 Å². The van der Waals surface area contributed by atoms with Crippen LogP contribution in [0.3, 0.4) is 0 Å². The zero-order chi connectivity index (χ0) is 37.5. The molecule has 54 heavy (non-hydrogen) atoms. The summed E-state index contributed by atoms with van der Waals surface area (Å²) in [5, 5.41) is 37.2. The van der Waals surface area contributed by atoms with E-state index in [-0.39, 0.29) is 26.4 Å². The molecule has 0 saturated carbocycles. The molecule has 0 atom stereocenters. The van der Waals surface area contributed by atoms with Gasteiger partial charge in [-0.2, -0.15) is 0 Å². The van der Waals surface area contributed by atoms with Crippen LogP contribution in [0.2, 0.25) is 0 Å². The highest BCUT2D eigenvalue weighted by molar-refractivity contribution is 5.81. The van der Waals surface area contributed by atoms with Crippen molar-refractivity contribution in [1.29, 1.82) is 0 Å². The summed E-state index contributed by atoms with van der Waals surface area (Å²) in [4.78, 5) is 4.53. The van der Waals surface area contributed by atoms with Gasteiger partial charge < -0.3 is 30.2 Å². The first-order valence-electron chi connectivity index (χ1n) is 19.2. The summed E-state index contributed by atoms with van der Waals surface area (Å²) >= 11 is 0. The van der Waals surface area contributed by atoms with Crippen molar-refractivity contribution in [1.82, 2.24) is 0 Å². The number of rotatable bonds is 19. The van der Waals surface area contributed by atoms with E-state index < -0.39 is 0 Å². The van der Waals surface area contributed by atoms with Gasteiger partial charge in [0.1, 0.15) is 0 Å². The van der Waals surface area contributed by atoms with E-state index in [1.54, 1.807) is 0 Å². The van der Waals surface area contributed by atoms with Gasteiger partial charge in [0.2, 0.25) is 0 Å². The van der Waals surface area contributed by atoms with E-state index in [9.17, 15) is 20.4 Å². The number of anilines is 6. The molecule has 6 nitrogen and oxygen atoms in total. The van der Waals surface area contributed by atoms with Gasteiger partial charge >= 0.3 is 0 Å². The Labute approximate surface area is 320 Å². The second-order valence-corrected chi connectivity index (χ2v) is 13.7. The van der Waals surface area contributed by atoms with Gasteiger partial charge in [0.05, 0.1) is 0 Å². The molecule has 0 radical (unpaired) electrons. The normalized spacial score (nSPS) is 11.1. The maximum absolute atomic E-state index is 9.31. The number of aliphatic hydroxyl groups is 4. The van der Waals surface area contributed by atoms with Gasteiger partial charge in [0.25, 0.3) is 0 Å². The quantitative estimate of drug-likeness (QED) is 0.0667. The Morgan fingerprint density at radius 2 is 0.444 bits per heavy atom. The molecule has 6 aromatic rings. The highest BCUT2D eigenvalue weighted by Crippen LogP contribution is 2.38. The minimum absolute atomic E-state index is 0.185. The fraction of sp³-hybridized carbons (Fsp3) is 0.250. The van der Waals surface area contributed by atoms with E-state index in [1.807, 2.05) is 0 Å². The van der Waals surface area contributed by atoms with Crippen LogP contribution in [0.1, 0.15) is 47.9 Å². The Kier molecular flexibility index (Phi) is 14.1. The molecule has 0 aliphatic rings. The van der Waals surface area contributed by atoms with Gasteiger partial charge in [-0.25, -0.2) is 0 Å². The first kappa shape index (κ1) is 38.5. The fourth-order valence-corrected chi connectivity index (χ4v) is 6.88. The standard InChI is InChI=1S/C48H52N2O4/c51-33-1-5-37-9-21-43(22-10-37)49(44-23-11-38(12-24-44)6-2-34-52)47-29-17-41(18-30-47)42-19-31-48(32-20-42)50(45-25-13-39(14-26-45)7-3-35-53)46-27-15-40(16-28-46)8-4-36-54/h9-32,51-54H,1-8,33-36H2. The zero-order valence-corrected chi connectivity index (χ0v) is 31.0. The van der Waals surface area contributed by atoms with Crippen LogP contribution in [0.4, 0.5) is 34.1 Å². The lowest BCUT2D eigenvalue weighted by molar-refractivity contribution is 0.288. The average molecular weight is 721 g/mol. The van der Waals surface area contributed by atoms with E-state index in [0.29, 0.717) is 0 Å². The van der Waals surface area contributed by atoms with Crippen molar-refractivity contribution in [3.63, 3.8) is 0 Å². The Morgan fingerprint density at radius 1 is 0.259 bits per heavy atom. The fourth-order valence-electron chi connectivity index (χ4n) is 6.88. The van der Waals surface area contributed by atoms with Crippen LogP contribution in [-0.4, -0.2) is 46.9 Å². The highest BCUT2D eigenvalue weighted by atomic mass is 16.3. The van der Waals surface area contributed by atoms with Crippen molar-refractivity contribution in [2.24, 2.45) is 0 Å². The number of nitrogens with zero attached hydrogens (tertiary/aromatic N) is 2. The van der Waals surface area contributed by atoms with Gasteiger partial charge in [-0.3, -0.25) is 0 Å². The SMILES string of the molecule is OCCCc1ccc(N(c2ccc(CCCO)cc2)c2ccc(-c3ccc(N(c4ccc(CCCO)cc4)c4ccc(CCCO)cc4)cc3)cc2)cc1. The predicted octanol–water partition coefficient (Wildman–Crippen LogP) is 9.99. The summed E-state index contributed by atoms with van der Waals surface area (Å²) in [6, 6.07) is 51.7. The average Bonchev–Trinajstić information content (AvgIpc) is 3.23. The number of aryl methyl sites for hydroxylation is 4. The van der Waals surface area contributed by atoms with Crippen molar-refractivity contribution >= 4 is 34.1 Å². The lowest BCUT2D eigenvalue weighted by Crippen LogP contribution is -2.10. The molecule has 4 N–H and O–H groups in total. The first-order valence-corrected chi connectivity index (χ1v) is 19.2. The summed E-state index contributed by atoms with van der Waals surface area (Å²) in [6.07, 6.45) is 6.37. The van der Waals surface area contributed by atoms with E-state index in [4.69, 9.17) is 0 Å².